The molecule has 160 valence electrons. The minimum absolute atomic E-state index is 0.00145. The molecule has 1 heterocycles. The molecule has 0 N–H and O–H groups in total. The highest BCUT2D eigenvalue weighted by atomic mass is 32.2. The van der Waals surface area contributed by atoms with Crippen molar-refractivity contribution in [2.24, 2.45) is 0 Å². The molecule has 30 heavy (non-hydrogen) atoms. The molecule has 0 spiro atoms. The van der Waals surface area contributed by atoms with Crippen molar-refractivity contribution in [2.75, 3.05) is 18.6 Å². The van der Waals surface area contributed by atoms with Crippen LogP contribution in [0.25, 0.3) is 0 Å². The highest BCUT2D eigenvalue weighted by molar-refractivity contribution is 7.89. The predicted octanol–water partition coefficient (Wildman–Crippen LogP) is 2.85. The normalized spacial score (nSPS) is 16.1. The first-order valence-corrected chi connectivity index (χ1v) is 11.2. The molecule has 3 rings (SSSR count). The Balaban J connectivity index is 1.71. The Hall–Kier alpha value is -2.71. The van der Waals surface area contributed by atoms with Crippen molar-refractivity contribution < 1.29 is 22.7 Å². The maximum Gasteiger partial charge on any atom is 0.338 e. The summed E-state index contributed by atoms with van der Waals surface area (Å²) in [7, 11) is -2.24. The third-order valence-corrected chi connectivity index (χ3v) is 7.31. The minimum Gasteiger partial charge on any atom is -0.452 e. The topological polar surface area (TPSA) is 84.0 Å². The van der Waals surface area contributed by atoms with Crippen molar-refractivity contribution in [3.63, 3.8) is 0 Å². The van der Waals surface area contributed by atoms with Gasteiger partial charge in [-0.25, -0.2) is 13.2 Å². The summed E-state index contributed by atoms with van der Waals surface area (Å²) in [6.07, 6.45) is 0.749. The predicted molar refractivity (Wildman–Crippen MR) is 114 cm³/mol. The molecule has 0 unspecified atom stereocenters. The summed E-state index contributed by atoms with van der Waals surface area (Å²) in [5.41, 5.74) is 1.99. The zero-order valence-corrected chi connectivity index (χ0v) is 18.3. The Bertz CT molecular complexity index is 1060. The summed E-state index contributed by atoms with van der Waals surface area (Å²) in [4.78, 5) is 26.8. The number of rotatable bonds is 6. The molecule has 8 heteroatoms. The number of ether oxygens (including phenoxy) is 1. The van der Waals surface area contributed by atoms with Gasteiger partial charge in [-0.15, -0.1) is 0 Å². The van der Waals surface area contributed by atoms with Crippen molar-refractivity contribution in [1.29, 1.82) is 0 Å². The van der Waals surface area contributed by atoms with Crippen LogP contribution in [-0.2, 0) is 26.0 Å². The zero-order valence-electron chi connectivity index (χ0n) is 17.5. The van der Waals surface area contributed by atoms with E-state index >= 15 is 0 Å². The van der Waals surface area contributed by atoms with E-state index in [9.17, 15) is 18.0 Å². The van der Waals surface area contributed by atoms with Crippen molar-refractivity contribution in [2.45, 2.75) is 44.2 Å². The number of anilines is 1. The fraction of sp³-hybridized carbons (Fsp3) is 0.364. The molecule has 0 bridgehead atoms. The number of hydrogen-bond donors (Lipinski definition) is 0. The smallest absolute Gasteiger partial charge is 0.338 e. The SMILES string of the molecule is CC(C)N(C)S(=O)(=O)c1cccc(C(=O)OCC(=O)N2c3ccccc3C[C@H]2C)c1. The first kappa shape index (κ1) is 22.0. The van der Waals surface area contributed by atoms with E-state index < -0.39 is 22.6 Å². The van der Waals surface area contributed by atoms with Gasteiger partial charge >= 0.3 is 5.97 Å². The molecule has 0 saturated carbocycles. The number of esters is 1. The fourth-order valence-electron chi connectivity index (χ4n) is 3.45. The first-order chi connectivity index (χ1) is 14.1. The molecule has 1 amide bonds. The molecule has 2 aromatic rings. The summed E-state index contributed by atoms with van der Waals surface area (Å²) >= 11 is 0. The van der Waals surface area contributed by atoms with Gasteiger partial charge in [-0.1, -0.05) is 24.3 Å². The lowest BCUT2D eigenvalue weighted by Crippen LogP contribution is -2.38. The maximum absolute atomic E-state index is 12.7. The highest BCUT2D eigenvalue weighted by Crippen LogP contribution is 2.31. The first-order valence-electron chi connectivity index (χ1n) is 9.78. The Morgan fingerprint density at radius 1 is 1.17 bits per heavy atom. The molecule has 0 fully saturated rings. The number of amides is 1. The van der Waals surface area contributed by atoms with Crippen molar-refractivity contribution in [1.82, 2.24) is 4.31 Å². The van der Waals surface area contributed by atoms with Crippen LogP contribution < -0.4 is 4.90 Å². The van der Waals surface area contributed by atoms with E-state index in [1.165, 1.54) is 35.6 Å². The van der Waals surface area contributed by atoms with Gasteiger partial charge in [-0.3, -0.25) is 4.79 Å². The quantitative estimate of drug-likeness (QED) is 0.658. The van der Waals surface area contributed by atoms with E-state index in [1.54, 1.807) is 18.7 Å². The number of fused-ring (bicyclic) bond motifs is 1. The van der Waals surface area contributed by atoms with Crippen LogP contribution in [0.5, 0.6) is 0 Å². The molecule has 0 saturated heterocycles. The van der Waals surface area contributed by atoms with Crippen LogP contribution in [0.3, 0.4) is 0 Å². The molecule has 1 aliphatic heterocycles. The second-order valence-electron chi connectivity index (χ2n) is 7.66. The van der Waals surface area contributed by atoms with Gasteiger partial charge in [-0.2, -0.15) is 4.31 Å². The number of benzene rings is 2. The molecule has 0 aromatic heterocycles. The van der Waals surface area contributed by atoms with Gasteiger partial charge in [0, 0.05) is 24.8 Å². The number of hydrogen-bond acceptors (Lipinski definition) is 5. The Morgan fingerprint density at radius 2 is 1.87 bits per heavy atom. The lowest BCUT2D eigenvalue weighted by Gasteiger charge is -2.22. The van der Waals surface area contributed by atoms with Gasteiger partial charge < -0.3 is 9.64 Å². The summed E-state index contributed by atoms with van der Waals surface area (Å²) in [6, 6.07) is 13.0. The number of nitrogens with zero attached hydrogens (tertiary/aromatic N) is 2. The molecule has 7 nitrogen and oxygen atoms in total. The van der Waals surface area contributed by atoms with Crippen molar-refractivity contribution in [3.8, 4) is 0 Å². The Morgan fingerprint density at radius 3 is 2.57 bits per heavy atom. The Kier molecular flexibility index (Phi) is 6.28. The van der Waals surface area contributed by atoms with Crippen LogP contribution >= 0.6 is 0 Å². The molecule has 1 aliphatic rings. The van der Waals surface area contributed by atoms with E-state index in [0.717, 1.165) is 17.7 Å². The van der Waals surface area contributed by atoms with E-state index in [-0.39, 0.29) is 28.4 Å². The number of para-hydroxylation sites is 1. The lowest BCUT2D eigenvalue weighted by atomic mass is 10.1. The number of sulfonamides is 1. The summed E-state index contributed by atoms with van der Waals surface area (Å²) in [5.74, 6) is -1.06. The van der Waals surface area contributed by atoms with E-state index in [1.807, 2.05) is 31.2 Å². The standard InChI is InChI=1S/C22H26N2O5S/c1-15(2)23(4)30(27,28)19-10-7-9-18(13-19)22(26)29-14-21(25)24-16(3)12-17-8-5-6-11-20(17)24/h5-11,13,15-16H,12,14H2,1-4H3/t16-/m1/s1. The minimum atomic E-state index is -3.73. The second kappa shape index (κ2) is 8.57. The van der Waals surface area contributed by atoms with Gasteiger partial charge in [0.15, 0.2) is 6.61 Å². The average molecular weight is 431 g/mol. The zero-order chi connectivity index (χ0) is 22.1. The number of carbonyl (C=O) groups excluding carboxylic acids is 2. The van der Waals surface area contributed by atoms with Gasteiger partial charge in [0.25, 0.3) is 5.91 Å². The Labute approximate surface area is 177 Å². The number of carbonyl (C=O) groups is 2. The highest BCUT2D eigenvalue weighted by Gasteiger charge is 2.31. The molecular formula is C22H26N2O5S. The van der Waals surface area contributed by atoms with E-state index in [2.05, 4.69) is 0 Å². The van der Waals surface area contributed by atoms with Gasteiger partial charge in [0.2, 0.25) is 10.0 Å². The van der Waals surface area contributed by atoms with Crippen molar-refractivity contribution in [3.05, 3.63) is 59.7 Å². The molecule has 0 aliphatic carbocycles. The van der Waals surface area contributed by atoms with Crippen LogP contribution in [0.2, 0.25) is 0 Å². The van der Waals surface area contributed by atoms with Crippen LogP contribution in [0, 0.1) is 0 Å². The average Bonchev–Trinajstić information content (AvgIpc) is 3.06. The summed E-state index contributed by atoms with van der Waals surface area (Å²) in [5, 5.41) is 0. The van der Waals surface area contributed by atoms with Gasteiger partial charge in [0.05, 0.1) is 10.5 Å². The van der Waals surface area contributed by atoms with Gasteiger partial charge in [-0.05, 0) is 57.0 Å². The molecule has 0 radical (unpaired) electrons. The monoisotopic (exact) mass is 430 g/mol. The van der Waals surface area contributed by atoms with E-state index in [0.29, 0.717) is 0 Å². The lowest BCUT2D eigenvalue weighted by molar-refractivity contribution is -0.122. The van der Waals surface area contributed by atoms with Crippen molar-refractivity contribution >= 4 is 27.6 Å². The maximum atomic E-state index is 12.7. The second-order valence-corrected chi connectivity index (χ2v) is 9.66. The third kappa shape index (κ3) is 4.24. The summed E-state index contributed by atoms with van der Waals surface area (Å²) < 4.78 is 31.7. The fourth-order valence-corrected chi connectivity index (χ4v) is 4.87. The summed E-state index contributed by atoms with van der Waals surface area (Å²) in [6.45, 7) is 5.05. The van der Waals surface area contributed by atoms with Gasteiger partial charge in [0.1, 0.15) is 0 Å². The van der Waals surface area contributed by atoms with E-state index in [4.69, 9.17) is 4.74 Å². The van der Waals surface area contributed by atoms with Crippen LogP contribution in [0.1, 0.15) is 36.7 Å². The third-order valence-electron chi connectivity index (χ3n) is 5.28. The largest absolute Gasteiger partial charge is 0.452 e. The molecule has 1 atom stereocenters. The van der Waals surface area contributed by atoms with Crippen LogP contribution in [0.4, 0.5) is 5.69 Å². The van der Waals surface area contributed by atoms with Crippen LogP contribution in [-0.4, -0.2) is 50.3 Å². The molecule has 2 aromatic carbocycles. The van der Waals surface area contributed by atoms with Crippen LogP contribution in [0.15, 0.2) is 53.4 Å². The molecular weight excluding hydrogens is 404 g/mol.